The van der Waals surface area contributed by atoms with Crippen molar-refractivity contribution in [3.05, 3.63) is 108 Å². The van der Waals surface area contributed by atoms with E-state index in [1.54, 1.807) is 60.7 Å². The first-order valence-corrected chi connectivity index (χ1v) is 14.3. The molecule has 0 aromatic heterocycles. The van der Waals surface area contributed by atoms with Crippen molar-refractivity contribution in [2.45, 2.75) is 32.7 Å². The summed E-state index contributed by atoms with van der Waals surface area (Å²) in [7, 11) is -4.49. The second kappa shape index (κ2) is 10.7. The Morgan fingerprint density at radius 2 is 0.947 bits per heavy atom. The topological polar surface area (TPSA) is 61.8 Å². The minimum Gasteiger partial charge on any atom is -0.497 e. The van der Waals surface area contributed by atoms with Gasteiger partial charge in [0.1, 0.15) is 11.5 Å². The quantitative estimate of drug-likeness (QED) is 0.221. The summed E-state index contributed by atoms with van der Waals surface area (Å²) in [5.41, 5.74) is -0.00369. The van der Waals surface area contributed by atoms with Crippen LogP contribution in [0.15, 0.2) is 117 Å². The molecule has 0 aliphatic heterocycles. The van der Waals surface area contributed by atoms with Gasteiger partial charge in [0.15, 0.2) is 0 Å². The minimum atomic E-state index is -4.60. The highest BCUT2D eigenvalue weighted by atomic mass is 32.3. The van der Waals surface area contributed by atoms with Crippen LogP contribution in [0.5, 0.6) is 11.5 Å². The Hall–Kier alpha value is -3.47. The summed E-state index contributed by atoms with van der Waals surface area (Å²) < 4.78 is 83.5. The molecule has 4 aromatic rings. The van der Waals surface area contributed by atoms with Crippen LogP contribution in [0.3, 0.4) is 0 Å². The lowest BCUT2D eigenvalue weighted by Gasteiger charge is -2.39. The largest absolute Gasteiger partial charge is 0.497 e. The highest BCUT2D eigenvalue weighted by Crippen LogP contribution is 2.70. The number of rotatable bonds is 8. The minimum absolute atomic E-state index is 0.392. The van der Waals surface area contributed by atoms with Crippen molar-refractivity contribution >= 4 is 20.4 Å². The van der Waals surface area contributed by atoms with E-state index in [1.165, 1.54) is 14.2 Å². The fourth-order valence-corrected chi connectivity index (χ4v) is 8.95. The predicted molar refractivity (Wildman–Crippen MR) is 139 cm³/mol. The van der Waals surface area contributed by atoms with Crippen molar-refractivity contribution in [3.8, 4) is 11.5 Å². The Bertz CT molecular complexity index is 1440. The third kappa shape index (κ3) is 5.52. The van der Waals surface area contributed by atoms with Gasteiger partial charge in [-0.05, 0) is 102 Å². The molecule has 0 fully saturated rings. The molecule has 0 radical (unpaired) electrons. The van der Waals surface area contributed by atoms with Crippen molar-refractivity contribution in [2.75, 3.05) is 14.2 Å². The van der Waals surface area contributed by atoms with E-state index in [-0.39, 0.29) is 0 Å². The van der Waals surface area contributed by atoms with Gasteiger partial charge in [0.25, 0.3) is 0 Å². The molecular weight excluding hydrogens is 537 g/mol. The molecule has 0 bridgehead atoms. The van der Waals surface area contributed by atoms with Crippen molar-refractivity contribution in [3.63, 3.8) is 0 Å². The second-order valence-electron chi connectivity index (χ2n) is 8.26. The highest BCUT2D eigenvalue weighted by Gasteiger charge is 2.39. The molecule has 0 spiro atoms. The molecule has 0 N–H and O–H groups in total. The van der Waals surface area contributed by atoms with Gasteiger partial charge in [-0.15, -0.1) is 0 Å². The summed E-state index contributed by atoms with van der Waals surface area (Å²) in [4.78, 5) is 1.27. The zero-order chi connectivity index (χ0) is 27.6. The monoisotopic (exact) mass is 562 g/mol. The summed E-state index contributed by atoms with van der Waals surface area (Å²) in [5, 5.41) is 0. The number of benzene rings is 4. The first-order valence-electron chi connectivity index (χ1n) is 11.3. The molecule has 0 aliphatic rings. The summed E-state index contributed by atoms with van der Waals surface area (Å²) in [6.45, 7) is 1.90. The van der Waals surface area contributed by atoms with Crippen molar-refractivity contribution < 1.29 is 34.7 Å². The summed E-state index contributed by atoms with van der Waals surface area (Å²) in [6, 6.07) is 24.2. The molecular formula is C28H25F3O5S2. The average Bonchev–Trinajstić information content (AvgIpc) is 2.92. The predicted octanol–water partition coefficient (Wildman–Crippen LogP) is 7.63. The average molecular weight is 563 g/mol. The standard InChI is InChI=1S/C28H25F3O5S2/c1-20-4-12-24(13-5-20)37(25-16-8-22(34-2)9-17-25,26-18-10-23(35-3)11-19-26)36-38(32,33)27-14-6-21(7-15-27)28(29,30)31/h4-19H,1-3H3. The Morgan fingerprint density at radius 3 is 1.32 bits per heavy atom. The molecule has 0 amide bonds. The molecule has 0 atom stereocenters. The van der Waals surface area contributed by atoms with Crippen molar-refractivity contribution in [2.24, 2.45) is 0 Å². The van der Waals surface area contributed by atoms with Crippen LogP contribution in [-0.2, 0) is 19.9 Å². The fraction of sp³-hybridized carbons (Fsp3) is 0.143. The number of alkyl halides is 3. The van der Waals surface area contributed by atoms with Gasteiger partial charge in [-0.1, -0.05) is 17.7 Å². The van der Waals surface area contributed by atoms with Crippen LogP contribution in [-0.4, -0.2) is 22.6 Å². The van der Waals surface area contributed by atoms with Gasteiger partial charge < -0.3 is 9.47 Å². The molecule has 10 heteroatoms. The molecule has 4 rings (SSSR count). The Kier molecular flexibility index (Phi) is 7.78. The Balaban J connectivity index is 1.96. The maximum absolute atomic E-state index is 13.7. The number of hydrogen-bond acceptors (Lipinski definition) is 5. The van der Waals surface area contributed by atoms with Crippen molar-refractivity contribution in [1.82, 2.24) is 0 Å². The van der Waals surface area contributed by atoms with Crippen LogP contribution < -0.4 is 9.47 Å². The second-order valence-corrected chi connectivity index (χ2v) is 12.7. The van der Waals surface area contributed by atoms with Crippen molar-refractivity contribution in [1.29, 1.82) is 0 Å². The van der Waals surface area contributed by atoms with E-state index in [0.29, 0.717) is 26.2 Å². The van der Waals surface area contributed by atoms with E-state index in [4.69, 9.17) is 13.1 Å². The van der Waals surface area contributed by atoms with Gasteiger partial charge in [-0.25, -0.2) is 3.63 Å². The molecule has 4 aromatic carbocycles. The normalized spacial score (nSPS) is 12.7. The maximum atomic E-state index is 13.7. The lowest BCUT2D eigenvalue weighted by atomic mass is 10.2. The number of hydrogen-bond donors (Lipinski definition) is 0. The van der Waals surface area contributed by atoms with Crippen LogP contribution in [0.4, 0.5) is 13.2 Å². The zero-order valence-corrected chi connectivity index (χ0v) is 22.4. The van der Waals surface area contributed by atoms with Gasteiger partial charge in [0.2, 0.25) is 0 Å². The third-order valence-electron chi connectivity index (χ3n) is 5.80. The lowest BCUT2D eigenvalue weighted by molar-refractivity contribution is -0.137. The van der Waals surface area contributed by atoms with E-state index in [9.17, 15) is 21.6 Å². The number of ether oxygens (including phenoxy) is 2. The summed E-state index contributed by atoms with van der Waals surface area (Å²) >= 11 is 0. The van der Waals surface area contributed by atoms with E-state index in [2.05, 4.69) is 0 Å². The highest BCUT2D eigenvalue weighted by molar-refractivity contribution is 8.33. The van der Waals surface area contributed by atoms with E-state index >= 15 is 0 Å². The van der Waals surface area contributed by atoms with Crippen LogP contribution in [0.2, 0.25) is 0 Å². The molecule has 5 nitrogen and oxygen atoms in total. The molecule has 0 aliphatic carbocycles. The van der Waals surface area contributed by atoms with Gasteiger partial charge in [0, 0.05) is 14.7 Å². The third-order valence-corrected chi connectivity index (χ3v) is 11.0. The maximum Gasteiger partial charge on any atom is 0.416 e. The van der Waals surface area contributed by atoms with Gasteiger partial charge in [-0.3, -0.25) is 0 Å². The molecule has 0 heterocycles. The molecule has 0 saturated heterocycles. The van der Waals surface area contributed by atoms with Crippen LogP contribution in [0, 0.1) is 6.92 Å². The Morgan fingerprint density at radius 1 is 0.579 bits per heavy atom. The number of methoxy groups -OCH3 is 2. The Labute approximate surface area is 221 Å². The summed E-state index contributed by atoms with van der Waals surface area (Å²) in [5.74, 6) is 1.12. The molecule has 0 saturated carbocycles. The molecule has 38 heavy (non-hydrogen) atoms. The number of aryl methyl sites for hydroxylation is 1. The smallest absolute Gasteiger partial charge is 0.416 e. The fourth-order valence-electron chi connectivity index (χ4n) is 3.77. The van der Waals surface area contributed by atoms with Gasteiger partial charge in [-0.2, -0.15) is 21.6 Å². The van der Waals surface area contributed by atoms with Crippen LogP contribution >= 0.6 is 10.3 Å². The zero-order valence-electron chi connectivity index (χ0n) is 20.7. The van der Waals surface area contributed by atoms with Crippen LogP contribution in [0.1, 0.15) is 11.1 Å². The van der Waals surface area contributed by atoms with Gasteiger partial charge in [0.05, 0.1) is 24.7 Å². The van der Waals surface area contributed by atoms with Crippen LogP contribution in [0.25, 0.3) is 0 Å². The van der Waals surface area contributed by atoms with E-state index < -0.39 is 37.1 Å². The molecule has 0 unspecified atom stereocenters. The lowest BCUT2D eigenvalue weighted by Crippen LogP contribution is -2.15. The number of halogens is 3. The first-order chi connectivity index (χ1) is 18.0. The van der Waals surface area contributed by atoms with E-state index in [1.807, 2.05) is 19.1 Å². The van der Waals surface area contributed by atoms with E-state index in [0.717, 1.165) is 29.8 Å². The summed E-state index contributed by atoms with van der Waals surface area (Å²) in [6.07, 6.45) is -4.60. The molecule has 200 valence electrons. The SMILES string of the molecule is COc1ccc(S(OS(=O)(=O)c2ccc(C(F)(F)F)cc2)(c2ccc(C)cc2)c2ccc(OC)cc2)cc1. The van der Waals surface area contributed by atoms with Gasteiger partial charge >= 0.3 is 16.3 Å². The first kappa shape index (κ1) is 27.6.